The number of halogens is 3. The molecule has 0 unspecified atom stereocenters. The van der Waals surface area contributed by atoms with Crippen LogP contribution in [0.5, 0.6) is 0 Å². The second-order valence-electron chi connectivity index (χ2n) is 2.49. The molecule has 2 rings (SSSR count). The maximum Gasteiger partial charge on any atom is 0.234 e. The Labute approximate surface area is 97.0 Å². The molecule has 1 aromatic heterocycles. The monoisotopic (exact) mass is 292 g/mol. The molecule has 0 atom stereocenters. The molecule has 1 heterocycles. The highest BCUT2D eigenvalue weighted by Crippen LogP contribution is 2.28. The molecule has 0 aliphatic carbocycles. The van der Waals surface area contributed by atoms with Gasteiger partial charge in [0.2, 0.25) is 5.28 Å². The van der Waals surface area contributed by atoms with Crippen molar-refractivity contribution in [1.82, 2.24) is 9.36 Å². The van der Waals surface area contributed by atoms with Gasteiger partial charge >= 0.3 is 0 Å². The third-order valence-electron chi connectivity index (χ3n) is 1.56. The van der Waals surface area contributed by atoms with Gasteiger partial charge in [-0.25, -0.2) is 9.37 Å². The van der Waals surface area contributed by atoms with Gasteiger partial charge in [0, 0.05) is 10.0 Å². The van der Waals surface area contributed by atoms with Gasteiger partial charge in [-0.3, -0.25) is 0 Å². The largest absolute Gasteiger partial charge is 0.234 e. The number of benzene rings is 1. The van der Waals surface area contributed by atoms with Crippen LogP contribution in [0.1, 0.15) is 0 Å². The van der Waals surface area contributed by atoms with Crippen molar-refractivity contribution < 1.29 is 4.39 Å². The fourth-order valence-electron chi connectivity index (χ4n) is 0.976. The number of aromatic nitrogens is 2. The van der Waals surface area contributed by atoms with Gasteiger partial charge < -0.3 is 0 Å². The first-order valence-electron chi connectivity index (χ1n) is 3.61. The Balaban J connectivity index is 2.55. The molecule has 1 aromatic carbocycles. The van der Waals surface area contributed by atoms with Gasteiger partial charge in [-0.15, -0.1) is 0 Å². The minimum absolute atomic E-state index is 0.143. The third-order valence-corrected chi connectivity index (χ3v) is 3.07. The molecule has 0 aliphatic rings. The maximum atomic E-state index is 13.3. The Kier molecular flexibility index (Phi) is 2.80. The molecule has 0 amide bonds. The van der Waals surface area contributed by atoms with Crippen molar-refractivity contribution in [3.8, 4) is 10.6 Å². The van der Waals surface area contributed by atoms with E-state index in [1.807, 2.05) is 0 Å². The predicted molar refractivity (Wildman–Crippen MR) is 58.0 cm³/mol. The van der Waals surface area contributed by atoms with Crippen molar-refractivity contribution in [2.24, 2.45) is 0 Å². The summed E-state index contributed by atoms with van der Waals surface area (Å²) >= 11 is 9.89. The van der Waals surface area contributed by atoms with Crippen LogP contribution in [0.25, 0.3) is 10.6 Å². The van der Waals surface area contributed by atoms with Crippen molar-refractivity contribution in [3.05, 3.63) is 33.8 Å². The van der Waals surface area contributed by atoms with Crippen molar-refractivity contribution in [2.75, 3.05) is 0 Å². The van der Waals surface area contributed by atoms with Gasteiger partial charge in [0.25, 0.3) is 0 Å². The highest BCUT2D eigenvalue weighted by Gasteiger charge is 2.10. The number of rotatable bonds is 1. The number of hydrogen-bond acceptors (Lipinski definition) is 3. The SMILES string of the molecule is Fc1ccc(Br)cc1-c1nc(Cl)ns1. The summed E-state index contributed by atoms with van der Waals surface area (Å²) < 4.78 is 17.9. The van der Waals surface area contributed by atoms with E-state index in [1.165, 1.54) is 6.07 Å². The molecular weight excluding hydrogens is 291 g/mol. The van der Waals surface area contributed by atoms with E-state index in [0.717, 1.165) is 16.0 Å². The number of nitrogens with zero attached hydrogens (tertiary/aromatic N) is 2. The average molecular weight is 294 g/mol. The summed E-state index contributed by atoms with van der Waals surface area (Å²) in [4.78, 5) is 3.89. The lowest BCUT2D eigenvalue weighted by Gasteiger charge is -1.98. The zero-order valence-electron chi connectivity index (χ0n) is 6.67. The van der Waals surface area contributed by atoms with E-state index < -0.39 is 0 Å². The summed E-state index contributed by atoms with van der Waals surface area (Å²) in [6.45, 7) is 0. The Morgan fingerprint density at radius 1 is 1.43 bits per heavy atom. The molecular formula is C8H3BrClFN2S. The van der Waals surface area contributed by atoms with Crippen molar-refractivity contribution in [2.45, 2.75) is 0 Å². The Morgan fingerprint density at radius 2 is 2.21 bits per heavy atom. The van der Waals surface area contributed by atoms with Gasteiger partial charge in [0.15, 0.2) is 0 Å². The van der Waals surface area contributed by atoms with Crippen LogP contribution in [-0.4, -0.2) is 9.36 Å². The molecule has 0 saturated carbocycles. The molecule has 2 nitrogen and oxygen atoms in total. The van der Waals surface area contributed by atoms with Crippen LogP contribution in [-0.2, 0) is 0 Å². The molecule has 0 saturated heterocycles. The van der Waals surface area contributed by atoms with Crippen LogP contribution in [0.3, 0.4) is 0 Å². The van der Waals surface area contributed by atoms with Crippen molar-refractivity contribution >= 4 is 39.1 Å². The Morgan fingerprint density at radius 3 is 2.86 bits per heavy atom. The first-order valence-corrected chi connectivity index (χ1v) is 5.56. The van der Waals surface area contributed by atoms with E-state index in [9.17, 15) is 4.39 Å². The standard InChI is InChI=1S/C8H3BrClFN2S/c9-4-1-2-6(11)5(3-4)7-12-8(10)13-14-7/h1-3H. The maximum absolute atomic E-state index is 13.3. The highest BCUT2D eigenvalue weighted by atomic mass is 79.9. The Bertz CT molecular complexity index is 474. The summed E-state index contributed by atoms with van der Waals surface area (Å²) in [6.07, 6.45) is 0. The lowest BCUT2D eigenvalue weighted by atomic mass is 10.2. The van der Waals surface area contributed by atoms with Crippen molar-refractivity contribution in [3.63, 3.8) is 0 Å². The second-order valence-corrected chi connectivity index (χ2v) is 4.50. The van der Waals surface area contributed by atoms with E-state index in [4.69, 9.17) is 11.6 Å². The molecule has 0 aliphatic heterocycles. The summed E-state index contributed by atoms with van der Waals surface area (Å²) in [7, 11) is 0. The fraction of sp³-hybridized carbons (Fsp3) is 0. The van der Waals surface area contributed by atoms with Crippen LogP contribution < -0.4 is 0 Å². The topological polar surface area (TPSA) is 25.8 Å². The van der Waals surface area contributed by atoms with E-state index in [2.05, 4.69) is 25.3 Å². The van der Waals surface area contributed by atoms with Crippen LogP contribution in [0.15, 0.2) is 22.7 Å². The molecule has 0 radical (unpaired) electrons. The van der Waals surface area contributed by atoms with Gasteiger partial charge in [-0.1, -0.05) is 15.9 Å². The second kappa shape index (κ2) is 3.92. The quantitative estimate of drug-likeness (QED) is 0.800. The summed E-state index contributed by atoms with van der Waals surface area (Å²) in [5, 5.41) is 0.623. The minimum Gasteiger partial charge on any atom is -0.206 e. The van der Waals surface area contributed by atoms with E-state index in [-0.39, 0.29) is 11.1 Å². The zero-order chi connectivity index (χ0) is 10.1. The molecule has 0 fully saturated rings. The van der Waals surface area contributed by atoms with E-state index >= 15 is 0 Å². The first kappa shape index (κ1) is 10.0. The van der Waals surface area contributed by atoms with Gasteiger partial charge in [-0.2, -0.15) is 4.37 Å². The summed E-state index contributed by atoms with van der Waals surface area (Å²) in [5.41, 5.74) is 0.406. The first-order chi connectivity index (χ1) is 6.66. The van der Waals surface area contributed by atoms with Crippen LogP contribution in [0, 0.1) is 5.82 Å². The lowest BCUT2D eigenvalue weighted by Crippen LogP contribution is -1.82. The molecule has 6 heteroatoms. The molecule has 72 valence electrons. The normalized spacial score (nSPS) is 10.5. The molecule has 14 heavy (non-hydrogen) atoms. The lowest BCUT2D eigenvalue weighted by molar-refractivity contribution is 0.631. The van der Waals surface area contributed by atoms with E-state index in [0.29, 0.717) is 10.6 Å². The predicted octanol–water partition coefficient (Wildman–Crippen LogP) is 3.76. The van der Waals surface area contributed by atoms with Gasteiger partial charge in [0.05, 0.1) is 0 Å². The molecule has 0 N–H and O–H groups in total. The van der Waals surface area contributed by atoms with Crippen LogP contribution in [0.4, 0.5) is 4.39 Å². The number of hydrogen-bond donors (Lipinski definition) is 0. The van der Waals surface area contributed by atoms with Crippen LogP contribution >= 0.6 is 39.1 Å². The molecule has 0 bridgehead atoms. The van der Waals surface area contributed by atoms with Crippen molar-refractivity contribution in [1.29, 1.82) is 0 Å². The minimum atomic E-state index is -0.332. The third kappa shape index (κ3) is 1.94. The smallest absolute Gasteiger partial charge is 0.206 e. The molecule has 0 spiro atoms. The van der Waals surface area contributed by atoms with E-state index in [1.54, 1.807) is 12.1 Å². The molecule has 2 aromatic rings. The average Bonchev–Trinajstić information content (AvgIpc) is 2.56. The van der Waals surface area contributed by atoms with Gasteiger partial charge in [-0.05, 0) is 41.3 Å². The van der Waals surface area contributed by atoms with Gasteiger partial charge in [0.1, 0.15) is 10.8 Å². The van der Waals surface area contributed by atoms with Crippen LogP contribution in [0.2, 0.25) is 5.28 Å². The zero-order valence-corrected chi connectivity index (χ0v) is 9.83. The highest BCUT2D eigenvalue weighted by molar-refractivity contribution is 9.10. The Hall–Kier alpha value is -0.520. The summed E-state index contributed by atoms with van der Waals surface area (Å²) in [6, 6.07) is 4.64. The summed E-state index contributed by atoms with van der Waals surface area (Å²) in [5.74, 6) is -0.332. The fourth-order valence-corrected chi connectivity index (χ4v) is 2.16.